The molecule has 114 valence electrons. The van der Waals surface area contributed by atoms with E-state index in [-0.39, 0.29) is 6.10 Å². The molecule has 6 nitrogen and oxygen atoms in total. The number of hydrogen-bond donors (Lipinski definition) is 1. The van der Waals surface area contributed by atoms with Crippen molar-refractivity contribution in [2.45, 2.75) is 45.8 Å². The highest BCUT2D eigenvalue weighted by Gasteiger charge is 2.19. The van der Waals surface area contributed by atoms with Gasteiger partial charge in [-0.1, -0.05) is 18.5 Å². The number of nitrogens with one attached hydrogen (secondary N) is 1. The summed E-state index contributed by atoms with van der Waals surface area (Å²) in [5, 5.41) is 7.48. The standard InChI is InChI=1S/C14H26N4O2/c1-3-6-12(19-4-2)14-16-13(20-17-14)11-18-9-5-7-15-8-10-18/h12,15H,3-11H2,1-2H3. The van der Waals surface area contributed by atoms with Crippen LogP contribution >= 0.6 is 0 Å². The minimum Gasteiger partial charge on any atom is -0.370 e. The number of hydrogen-bond acceptors (Lipinski definition) is 6. The van der Waals surface area contributed by atoms with Gasteiger partial charge in [0.25, 0.3) is 0 Å². The zero-order valence-electron chi connectivity index (χ0n) is 12.6. The third kappa shape index (κ3) is 4.54. The molecule has 1 aliphatic rings. The van der Waals surface area contributed by atoms with E-state index in [4.69, 9.17) is 9.26 Å². The molecule has 0 spiro atoms. The molecule has 1 aliphatic heterocycles. The van der Waals surface area contributed by atoms with E-state index < -0.39 is 0 Å². The summed E-state index contributed by atoms with van der Waals surface area (Å²) in [6, 6.07) is 0. The second-order valence-electron chi connectivity index (χ2n) is 5.16. The predicted molar refractivity (Wildman–Crippen MR) is 76.3 cm³/mol. The van der Waals surface area contributed by atoms with Crippen molar-refractivity contribution < 1.29 is 9.26 Å². The van der Waals surface area contributed by atoms with Crippen LogP contribution in [0.4, 0.5) is 0 Å². The largest absolute Gasteiger partial charge is 0.370 e. The first-order valence-electron chi connectivity index (χ1n) is 7.70. The van der Waals surface area contributed by atoms with E-state index in [9.17, 15) is 0 Å². The van der Waals surface area contributed by atoms with Crippen LogP contribution in [0.25, 0.3) is 0 Å². The molecular formula is C14H26N4O2. The molecule has 1 aromatic heterocycles. The number of aromatic nitrogens is 2. The van der Waals surface area contributed by atoms with Gasteiger partial charge in [-0.3, -0.25) is 4.90 Å². The summed E-state index contributed by atoms with van der Waals surface area (Å²) in [4.78, 5) is 6.86. The molecule has 1 N–H and O–H groups in total. The normalized spacial score (nSPS) is 18.9. The van der Waals surface area contributed by atoms with Crippen molar-refractivity contribution in [2.24, 2.45) is 0 Å². The Morgan fingerprint density at radius 1 is 1.35 bits per heavy atom. The minimum atomic E-state index is -0.0340. The number of rotatable bonds is 7. The molecule has 6 heteroatoms. The van der Waals surface area contributed by atoms with Gasteiger partial charge in [-0.05, 0) is 32.9 Å². The maximum atomic E-state index is 5.68. The lowest BCUT2D eigenvalue weighted by atomic mass is 10.2. The van der Waals surface area contributed by atoms with Crippen molar-refractivity contribution in [2.75, 3.05) is 32.8 Å². The molecule has 1 atom stereocenters. The minimum absolute atomic E-state index is 0.0340. The van der Waals surface area contributed by atoms with Crippen molar-refractivity contribution in [3.05, 3.63) is 11.7 Å². The first-order chi connectivity index (χ1) is 9.83. The van der Waals surface area contributed by atoms with Crippen LogP contribution < -0.4 is 5.32 Å². The lowest BCUT2D eigenvalue weighted by Gasteiger charge is -2.16. The van der Waals surface area contributed by atoms with Crippen molar-refractivity contribution in [3.63, 3.8) is 0 Å². The van der Waals surface area contributed by atoms with Gasteiger partial charge in [0.05, 0.1) is 6.54 Å². The van der Waals surface area contributed by atoms with Crippen LogP contribution in [0.2, 0.25) is 0 Å². The molecule has 20 heavy (non-hydrogen) atoms. The average molecular weight is 282 g/mol. The molecule has 1 saturated heterocycles. The summed E-state index contributed by atoms with van der Waals surface area (Å²) in [6.07, 6.45) is 3.11. The maximum Gasteiger partial charge on any atom is 0.240 e. The van der Waals surface area contributed by atoms with E-state index in [0.717, 1.165) is 45.6 Å². The average Bonchev–Trinajstić information content (AvgIpc) is 2.75. The first kappa shape index (κ1) is 15.4. The molecule has 0 radical (unpaired) electrons. The molecule has 1 unspecified atom stereocenters. The third-order valence-corrected chi connectivity index (χ3v) is 3.48. The van der Waals surface area contributed by atoms with Gasteiger partial charge in [-0.2, -0.15) is 4.98 Å². The number of ether oxygens (including phenoxy) is 1. The summed E-state index contributed by atoms with van der Waals surface area (Å²) in [6.45, 7) is 9.76. The SMILES string of the molecule is CCCC(OCC)c1noc(CN2CCCNCC2)n1. The Labute approximate surface area is 120 Å². The Balaban J connectivity index is 1.92. The third-order valence-electron chi connectivity index (χ3n) is 3.48. The van der Waals surface area contributed by atoms with Crippen molar-refractivity contribution in [3.8, 4) is 0 Å². The monoisotopic (exact) mass is 282 g/mol. The van der Waals surface area contributed by atoms with Gasteiger partial charge in [0.1, 0.15) is 6.10 Å². The van der Waals surface area contributed by atoms with Gasteiger partial charge < -0.3 is 14.6 Å². The Kier molecular flexibility index (Phi) is 6.42. The van der Waals surface area contributed by atoms with Crippen molar-refractivity contribution in [1.29, 1.82) is 0 Å². The fourth-order valence-corrected chi connectivity index (χ4v) is 2.46. The zero-order valence-corrected chi connectivity index (χ0v) is 12.6. The number of nitrogens with zero attached hydrogens (tertiary/aromatic N) is 3. The zero-order chi connectivity index (χ0) is 14.2. The topological polar surface area (TPSA) is 63.4 Å². The lowest BCUT2D eigenvalue weighted by molar-refractivity contribution is 0.0477. The van der Waals surface area contributed by atoms with Crippen LogP contribution in [0.5, 0.6) is 0 Å². The first-order valence-corrected chi connectivity index (χ1v) is 7.70. The van der Waals surface area contributed by atoms with E-state index in [2.05, 4.69) is 27.3 Å². The van der Waals surface area contributed by atoms with E-state index >= 15 is 0 Å². The molecule has 0 aromatic carbocycles. The molecule has 0 amide bonds. The summed E-state index contributed by atoms with van der Waals surface area (Å²) in [5.74, 6) is 1.39. The van der Waals surface area contributed by atoms with E-state index in [1.165, 1.54) is 6.42 Å². The Hall–Kier alpha value is -0.980. The highest BCUT2D eigenvalue weighted by atomic mass is 16.5. The smallest absolute Gasteiger partial charge is 0.240 e. The van der Waals surface area contributed by atoms with Gasteiger partial charge >= 0.3 is 0 Å². The van der Waals surface area contributed by atoms with Crippen molar-refractivity contribution >= 4 is 0 Å². The highest BCUT2D eigenvalue weighted by molar-refractivity contribution is 4.91. The molecule has 0 bridgehead atoms. The van der Waals surface area contributed by atoms with E-state index in [0.29, 0.717) is 18.3 Å². The van der Waals surface area contributed by atoms with Crippen LogP contribution in [-0.2, 0) is 11.3 Å². The van der Waals surface area contributed by atoms with Crippen LogP contribution in [0, 0.1) is 0 Å². The van der Waals surface area contributed by atoms with Gasteiger partial charge in [0.15, 0.2) is 0 Å². The summed E-state index contributed by atoms with van der Waals surface area (Å²) in [7, 11) is 0. The molecule has 1 fully saturated rings. The molecule has 0 saturated carbocycles. The molecule has 2 heterocycles. The molecular weight excluding hydrogens is 256 g/mol. The second kappa shape index (κ2) is 8.34. The van der Waals surface area contributed by atoms with E-state index in [1.807, 2.05) is 6.92 Å². The predicted octanol–water partition coefficient (Wildman–Crippen LogP) is 1.74. The lowest BCUT2D eigenvalue weighted by Crippen LogP contribution is -2.27. The van der Waals surface area contributed by atoms with Crippen LogP contribution in [0.1, 0.15) is 50.9 Å². The molecule has 1 aromatic rings. The maximum absolute atomic E-state index is 5.68. The summed E-state index contributed by atoms with van der Waals surface area (Å²) in [5.41, 5.74) is 0. The molecule has 2 rings (SSSR count). The van der Waals surface area contributed by atoms with Crippen LogP contribution in [-0.4, -0.2) is 47.8 Å². The Morgan fingerprint density at radius 3 is 3.05 bits per heavy atom. The van der Waals surface area contributed by atoms with Gasteiger partial charge in [0.2, 0.25) is 11.7 Å². The molecule has 0 aliphatic carbocycles. The highest BCUT2D eigenvalue weighted by Crippen LogP contribution is 2.20. The van der Waals surface area contributed by atoms with Crippen LogP contribution in [0.3, 0.4) is 0 Å². The Morgan fingerprint density at radius 2 is 2.25 bits per heavy atom. The summed E-state index contributed by atoms with van der Waals surface area (Å²) >= 11 is 0. The van der Waals surface area contributed by atoms with E-state index in [1.54, 1.807) is 0 Å². The van der Waals surface area contributed by atoms with Crippen LogP contribution in [0.15, 0.2) is 4.52 Å². The van der Waals surface area contributed by atoms with Gasteiger partial charge in [-0.15, -0.1) is 0 Å². The van der Waals surface area contributed by atoms with Crippen molar-refractivity contribution in [1.82, 2.24) is 20.4 Å². The van der Waals surface area contributed by atoms with Gasteiger partial charge in [-0.25, -0.2) is 0 Å². The Bertz CT molecular complexity index is 369. The second-order valence-corrected chi connectivity index (χ2v) is 5.16. The quantitative estimate of drug-likeness (QED) is 0.822. The fourth-order valence-electron chi connectivity index (χ4n) is 2.46. The summed E-state index contributed by atoms with van der Waals surface area (Å²) < 4.78 is 11.1. The fraction of sp³-hybridized carbons (Fsp3) is 0.857. The van der Waals surface area contributed by atoms with Gasteiger partial charge in [0, 0.05) is 19.7 Å².